The number of methoxy groups -OCH3 is 1. The van der Waals surface area contributed by atoms with E-state index in [2.05, 4.69) is 27.1 Å². The topological polar surface area (TPSA) is 58.1 Å². The van der Waals surface area contributed by atoms with E-state index in [0.717, 1.165) is 49.9 Å². The summed E-state index contributed by atoms with van der Waals surface area (Å²) >= 11 is 0. The summed E-state index contributed by atoms with van der Waals surface area (Å²) in [6.07, 6.45) is 4.18. The van der Waals surface area contributed by atoms with Crippen LogP contribution in [0.15, 0.2) is 41.9 Å². The zero-order chi connectivity index (χ0) is 18.8. The van der Waals surface area contributed by atoms with E-state index in [1.54, 1.807) is 14.2 Å². The standard InChI is InChI=1S/C20H32N4O2.HI/c1-5-12-24-13-10-17(11-14-24)23-20(21-3)22-15-16(2)26-19-9-7-6-8-18(19)25-4;/h5-9,16-17H,1,10-15H2,2-4H3,(H2,21,22,23);1H. The van der Waals surface area contributed by atoms with Gasteiger partial charge >= 0.3 is 0 Å². The number of likely N-dealkylation sites (tertiary alicyclic amines) is 1. The van der Waals surface area contributed by atoms with Gasteiger partial charge in [0.15, 0.2) is 17.5 Å². The number of guanidine groups is 1. The normalized spacial score (nSPS) is 16.8. The largest absolute Gasteiger partial charge is 0.493 e. The molecule has 6 nitrogen and oxygen atoms in total. The first-order valence-corrected chi connectivity index (χ1v) is 9.26. The van der Waals surface area contributed by atoms with Crippen LogP contribution in [0, 0.1) is 0 Å². The molecule has 0 spiro atoms. The molecule has 7 heteroatoms. The molecule has 1 aromatic carbocycles. The Morgan fingerprint density at radius 2 is 2.00 bits per heavy atom. The van der Waals surface area contributed by atoms with E-state index in [4.69, 9.17) is 9.47 Å². The number of piperidine rings is 1. The van der Waals surface area contributed by atoms with E-state index < -0.39 is 0 Å². The fraction of sp³-hybridized carbons (Fsp3) is 0.550. The van der Waals surface area contributed by atoms with E-state index in [1.165, 1.54) is 0 Å². The minimum atomic E-state index is -0.0145. The Hall–Kier alpha value is -1.48. The Morgan fingerprint density at radius 1 is 1.33 bits per heavy atom. The summed E-state index contributed by atoms with van der Waals surface area (Å²) in [5, 5.41) is 6.87. The van der Waals surface area contributed by atoms with Crippen molar-refractivity contribution in [1.29, 1.82) is 0 Å². The van der Waals surface area contributed by atoms with Gasteiger partial charge in [-0.1, -0.05) is 18.2 Å². The summed E-state index contributed by atoms with van der Waals surface area (Å²) < 4.78 is 11.3. The Kier molecular flexibility index (Phi) is 11.2. The Bertz CT molecular complexity index is 589. The number of nitrogens with zero attached hydrogens (tertiary/aromatic N) is 2. The van der Waals surface area contributed by atoms with Crippen LogP contribution in [0.2, 0.25) is 0 Å². The lowest BCUT2D eigenvalue weighted by Crippen LogP contribution is -2.50. The molecule has 1 heterocycles. The molecule has 1 aromatic rings. The van der Waals surface area contributed by atoms with Crippen LogP contribution in [0.25, 0.3) is 0 Å². The van der Waals surface area contributed by atoms with Crippen molar-refractivity contribution in [3.05, 3.63) is 36.9 Å². The maximum absolute atomic E-state index is 5.98. The van der Waals surface area contributed by atoms with Gasteiger partial charge in [-0.3, -0.25) is 9.89 Å². The van der Waals surface area contributed by atoms with Gasteiger partial charge in [0.1, 0.15) is 6.10 Å². The summed E-state index contributed by atoms with van der Waals surface area (Å²) in [6.45, 7) is 9.65. The highest BCUT2D eigenvalue weighted by Crippen LogP contribution is 2.26. The summed E-state index contributed by atoms with van der Waals surface area (Å²) in [6, 6.07) is 8.14. The first-order chi connectivity index (χ1) is 12.7. The molecule has 1 aliphatic heterocycles. The molecule has 0 saturated carbocycles. The second-order valence-electron chi connectivity index (χ2n) is 6.54. The number of halogens is 1. The molecule has 0 amide bonds. The van der Waals surface area contributed by atoms with Gasteiger partial charge in [0.2, 0.25) is 0 Å². The number of hydrogen-bond donors (Lipinski definition) is 2. The molecule has 1 fully saturated rings. The van der Waals surface area contributed by atoms with Crippen LogP contribution in [0.1, 0.15) is 19.8 Å². The molecule has 1 unspecified atom stereocenters. The lowest BCUT2D eigenvalue weighted by Gasteiger charge is -2.32. The van der Waals surface area contributed by atoms with Crippen molar-refractivity contribution in [2.45, 2.75) is 31.9 Å². The van der Waals surface area contributed by atoms with Crippen LogP contribution in [0.3, 0.4) is 0 Å². The number of ether oxygens (including phenoxy) is 2. The molecular weight excluding hydrogens is 455 g/mol. The quantitative estimate of drug-likeness (QED) is 0.255. The smallest absolute Gasteiger partial charge is 0.191 e. The third-order valence-corrected chi connectivity index (χ3v) is 4.49. The van der Waals surface area contributed by atoms with E-state index in [1.807, 2.05) is 37.3 Å². The fourth-order valence-corrected chi connectivity index (χ4v) is 3.05. The van der Waals surface area contributed by atoms with E-state index in [-0.39, 0.29) is 30.1 Å². The molecule has 0 bridgehead atoms. The zero-order valence-electron chi connectivity index (χ0n) is 16.6. The van der Waals surface area contributed by atoms with Gasteiger partial charge in [0.25, 0.3) is 0 Å². The molecule has 1 aliphatic rings. The highest BCUT2D eigenvalue weighted by molar-refractivity contribution is 14.0. The Morgan fingerprint density at radius 3 is 2.59 bits per heavy atom. The number of nitrogens with one attached hydrogen (secondary N) is 2. The van der Waals surface area contributed by atoms with Gasteiger partial charge in [-0.2, -0.15) is 0 Å². The number of hydrogen-bond acceptors (Lipinski definition) is 4. The Labute approximate surface area is 180 Å². The molecule has 1 saturated heterocycles. The van der Waals surface area contributed by atoms with Gasteiger partial charge in [-0.25, -0.2) is 0 Å². The van der Waals surface area contributed by atoms with Crippen molar-refractivity contribution in [2.24, 2.45) is 4.99 Å². The van der Waals surface area contributed by atoms with Crippen LogP contribution in [-0.2, 0) is 0 Å². The predicted octanol–water partition coefficient (Wildman–Crippen LogP) is 2.90. The van der Waals surface area contributed by atoms with Crippen molar-refractivity contribution < 1.29 is 9.47 Å². The molecule has 0 radical (unpaired) electrons. The first-order valence-electron chi connectivity index (χ1n) is 9.26. The maximum atomic E-state index is 5.98. The van der Waals surface area contributed by atoms with Crippen LogP contribution >= 0.6 is 24.0 Å². The molecule has 2 rings (SSSR count). The van der Waals surface area contributed by atoms with Gasteiger partial charge in [-0.15, -0.1) is 30.6 Å². The minimum Gasteiger partial charge on any atom is -0.493 e. The second kappa shape index (κ2) is 12.8. The number of para-hydroxylation sites is 2. The van der Waals surface area contributed by atoms with Gasteiger partial charge in [0.05, 0.1) is 13.7 Å². The highest BCUT2D eigenvalue weighted by Gasteiger charge is 2.19. The van der Waals surface area contributed by atoms with E-state index in [9.17, 15) is 0 Å². The summed E-state index contributed by atoms with van der Waals surface area (Å²) in [4.78, 5) is 6.76. The second-order valence-corrected chi connectivity index (χ2v) is 6.54. The third kappa shape index (κ3) is 7.96. The molecule has 0 aliphatic carbocycles. The summed E-state index contributed by atoms with van der Waals surface area (Å²) in [5.41, 5.74) is 0. The lowest BCUT2D eigenvalue weighted by atomic mass is 10.1. The van der Waals surface area contributed by atoms with Gasteiger partial charge in [0, 0.05) is 32.7 Å². The number of rotatable bonds is 8. The summed E-state index contributed by atoms with van der Waals surface area (Å²) in [5.74, 6) is 2.32. The minimum absolute atomic E-state index is 0. The summed E-state index contributed by atoms with van der Waals surface area (Å²) in [7, 11) is 3.45. The maximum Gasteiger partial charge on any atom is 0.191 e. The molecule has 27 heavy (non-hydrogen) atoms. The molecule has 2 N–H and O–H groups in total. The zero-order valence-corrected chi connectivity index (χ0v) is 18.9. The van der Waals surface area contributed by atoms with Gasteiger partial charge in [-0.05, 0) is 31.9 Å². The predicted molar refractivity (Wildman–Crippen MR) is 123 cm³/mol. The van der Waals surface area contributed by atoms with E-state index >= 15 is 0 Å². The third-order valence-electron chi connectivity index (χ3n) is 4.49. The molecule has 0 aromatic heterocycles. The van der Waals surface area contributed by atoms with Crippen molar-refractivity contribution >= 4 is 29.9 Å². The average molecular weight is 488 g/mol. The van der Waals surface area contributed by atoms with Crippen LogP contribution in [-0.4, -0.2) is 63.3 Å². The van der Waals surface area contributed by atoms with Crippen molar-refractivity contribution in [3.8, 4) is 11.5 Å². The van der Waals surface area contributed by atoms with Crippen molar-refractivity contribution in [3.63, 3.8) is 0 Å². The first kappa shape index (κ1) is 23.6. The van der Waals surface area contributed by atoms with Crippen LogP contribution in [0.4, 0.5) is 0 Å². The van der Waals surface area contributed by atoms with Gasteiger partial charge < -0.3 is 20.1 Å². The van der Waals surface area contributed by atoms with Crippen molar-refractivity contribution in [1.82, 2.24) is 15.5 Å². The molecule has 1 atom stereocenters. The SMILES string of the molecule is C=CCN1CCC(NC(=NC)NCC(C)Oc2ccccc2OC)CC1.I. The van der Waals surface area contributed by atoms with Crippen molar-refractivity contribution in [2.75, 3.05) is 40.3 Å². The highest BCUT2D eigenvalue weighted by atomic mass is 127. The van der Waals surface area contributed by atoms with Crippen LogP contribution < -0.4 is 20.1 Å². The van der Waals surface area contributed by atoms with Crippen LogP contribution in [0.5, 0.6) is 11.5 Å². The molecule has 152 valence electrons. The number of benzene rings is 1. The monoisotopic (exact) mass is 488 g/mol. The average Bonchev–Trinajstić information content (AvgIpc) is 2.67. The lowest BCUT2D eigenvalue weighted by molar-refractivity contribution is 0.211. The number of aliphatic imine (C=N–C) groups is 1. The fourth-order valence-electron chi connectivity index (χ4n) is 3.05. The Balaban J connectivity index is 0.00000364. The molecular formula is C20H33IN4O2. The van der Waals surface area contributed by atoms with E-state index in [0.29, 0.717) is 12.6 Å².